The highest BCUT2D eigenvalue weighted by Gasteiger charge is 2.39. The molecule has 2 N–H and O–H groups in total. The molecule has 2 aliphatic rings. The predicted molar refractivity (Wildman–Crippen MR) is 93.2 cm³/mol. The highest BCUT2D eigenvalue weighted by molar-refractivity contribution is 8.01. The molecule has 2 fully saturated rings. The van der Waals surface area contributed by atoms with E-state index in [9.17, 15) is 4.79 Å². The van der Waals surface area contributed by atoms with Crippen molar-refractivity contribution in [1.82, 2.24) is 15.6 Å². The molecule has 1 aromatic carbocycles. The lowest BCUT2D eigenvalue weighted by molar-refractivity contribution is 0.0931. The number of carbonyl (C=O) groups excluding carboxylic acids is 1. The van der Waals surface area contributed by atoms with Crippen LogP contribution < -0.4 is 10.6 Å². The van der Waals surface area contributed by atoms with Crippen LogP contribution in [0.2, 0.25) is 0 Å². The second-order valence-corrected chi connectivity index (χ2v) is 8.28. The minimum Gasteiger partial charge on any atom is -0.348 e. The second-order valence-electron chi connectivity index (χ2n) is 6.10. The molecule has 122 valence electrons. The summed E-state index contributed by atoms with van der Waals surface area (Å²) in [5, 5.41) is 17.2. The van der Waals surface area contributed by atoms with Gasteiger partial charge in [-0.05, 0) is 43.5 Å². The van der Waals surface area contributed by atoms with E-state index in [0.29, 0.717) is 23.3 Å². The van der Waals surface area contributed by atoms with Crippen LogP contribution in [0.25, 0.3) is 0 Å². The molecule has 2 aromatic rings. The van der Waals surface area contributed by atoms with Crippen LogP contribution in [0.15, 0.2) is 38.9 Å². The van der Waals surface area contributed by atoms with Crippen LogP contribution in [0.1, 0.15) is 35.3 Å². The van der Waals surface area contributed by atoms with Gasteiger partial charge in [0.2, 0.25) is 0 Å². The zero-order chi connectivity index (χ0) is 16.5. The second kappa shape index (κ2) is 6.55. The Morgan fingerprint density at radius 1 is 1.38 bits per heavy atom. The van der Waals surface area contributed by atoms with Gasteiger partial charge in [-0.3, -0.25) is 4.79 Å². The van der Waals surface area contributed by atoms with Crippen molar-refractivity contribution in [3.8, 4) is 6.07 Å². The summed E-state index contributed by atoms with van der Waals surface area (Å²) in [5.41, 5.74) is 1.12. The largest absolute Gasteiger partial charge is 0.348 e. The molecule has 0 unspecified atom stereocenters. The molecule has 2 aliphatic heterocycles. The zero-order valence-electron chi connectivity index (χ0n) is 12.9. The molecule has 0 radical (unpaired) electrons. The van der Waals surface area contributed by atoms with Crippen LogP contribution in [-0.4, -0.2) is 29.0 Å². The average molecular weight is 356 g/mol. The van der Waals surface area contributed by atoms with E-state index in [1.165, 1.54) is 29.5 Å². The van der Waals surface area contributed by atoms with Gasteiger partial charge in [-0.1, -0.05) is 11.8 Å². The third-order valence-corrected chi connectivity index (χ3v) is 6.48. The van der Waals surface area contributed by atoms with Gasteiger partial charge in [0.15, 0.2) is 10.0 Å². The standard InChI is InChI=1S/C17H16N4OS2/c18-8-12-9-23-17(20-12)24-13-4-1-10(2-5-13)16(22)21-15-7-11-3-6-14(15)19-11/h1-2,4-5,9,11,14-15,19H,3,6-7H2,(H,21,22)/t11-,14+,15-/m1/s1. The first-order valence-corrected chi connectivity index (χ1v) is 9.61. The molecule has 1 aromatic heterocycles. The number of carbonyl (C=O) groups is 1. The van der Waals surface area contributed by atoms with Gasteiger partial charge in [-0.2, -0.15) is 5.26 Å². The fraction of sp³-hybridized carbons (Fsp3) is 0.353. The Hall–Kier alpha value is -1.88. The topological polar surface area (TPSA) is 77.8 Å². The summed E-state index contributed by atoms with van der Waals surface area (Å²) in [6, 6.07) is 10.8. The van der Waals surface area contributed by atoms with Crippen LogP contribution >= 0.6 is 23.1 Å². The van der Waals surface area contributed by atoms with E-state index in [0.717, 1.165) is 22.1 Å². The van der Waals surface area contributed by atoms with Gasteiger partial charge in [0.1, 0.15) is 6.07 Å². The summed E-state index contributed by atoms with van der Waals surface area (Å²) in [5.74, 6) is -0.00749. The van der Waals surface area contributed by atoms with Gasteiger partial charge in [0, 0.05) is 34.0 Å². The minimum atomic E-state index is -0.00749. The van der Waals surface area contributed by atoms with Crippen molar-refractivity contribution in [2.45, 2.75) is 46.6 Å². The maximum Gasteiger partial charge on any atom is 0.251 e. The number of thiazole rings is 1. The van der Waals surface area contributed by atoms with E-state index in [4.69, 9.17) is 5.26 Å². The first-order chi connectivity index (χ1) is 11.7. The molecule has 5 nitrogen and oxygen atoms in total. The van der Waals surface area contributed by atoms with E-state index < -0.39 is 0 Å². The maximum atomic E-state index is 12.4. The maximum absolute atomic E-state index is 12.4. The van der Waals surface area contributed by atoms with E-state index >= 15 is 0 Å². The fourth-order valence-electron chi connectivity index (χ4n) is 3.37. The van der Waals surface area contributed by atoms with Crippen molar-refractivity contribution in [2.75, 3.05) is 0 Å². The summed E-state index contributed by atoms with van der Waals surface area (Å²) >= 11 is 2.95. The lowest BCUT2D eigenvalue weighted by atomic mass is 9.95. The quantitative estimate of drug-likeness (QED) is 0.881. The smallest absolute Gasteiger partial charge is 0.251 e. The molecule has 7 heteroatoms. The molecule has 3 atom stereocenters. The molecule has 3 heterocycles. The van der Waals surface area contributed by atoms with Crippen LogP contribution in [0.5, 0.6) is 0 Å². The Kier molecular flexibility index (Phi) is 4.27. The van der Waals surface area contributed by atoms with Crippen molar-refractivity contribution < 1.29 is 4.79 Å². The van der Waals surface area contributed by atoms with Crippen molar-refractivity contribution >= 4 is 29.0 Å². The molecule has 2 saturated heterocycles. The Balaban J connectivity index is 1.38. The van der Waals surface area contributed by atoms with Crippen molar-refractivity contribution in [1.29, 1.82) is 5.26 Å². The number of hydrogen-bond donors (Lipinski definition) is 2. The van der Waals surface area contributed by atoms with Crippen molar-refractivity contribution in [2.24, 2.45) is 0 Å². The fourth-order valence-corrected chi connectivity index (χ4v) is 5.08. The van der Waals surface area contributed by atoms with Gasteiger partial charge in [-0.15, -0.1) is 11.3 Å². The van der Waals surface area contributed by atoms with E-state index in [2.05, 4.69) is 15.6 Å². The molecular weight excluding hydrogens is 340 g/mol. The Morgan fingerprint density at radius 3 is 2.83 bits per heavy atom. The Labute approximate surface area is 148 Å². The monoisotopic (exact) mass is 356 g/mol. The molecule has 1 amide bonds. The summed E-state index contributed by atoms with van der Waals surface area (Å²) in [6.45, 7) is 0. The summed E-state index contributed by atoms with van der Waals surface area (Å²) in [4.78, 5) is 17.6. The molecule has 2 bridgehead atoms. The third kappa shape index (κ3) is 3.18. The zero-order valence-corrected chi connectivity index (χ0v) is 14.5. The predicted octanol–water partition coefficient (Wildman–Crippen LogP) is 2.79. The number of aromatic nitrogens is 1. The summed E-state index contributed by atoms with van der Waals surface area (Å²) < 4.78 is 0.830. The van der Waals surface area contributed by atoms with Gasteiger partial charge >= 0.3 is 0 Å². The highest BCUT2D eigenvalue weighted by Crippen LogP contribution is 2.31. The highest BCUT2D eigenvalue weighted by atomic mass is 32.2. The van der Waals surface area contributed by atoms with Gasteiger partial charge in [0.05, 0.1) is 0 Å². The molecular formula is C17H16N4OS2. The van der Waals surface area contributed by atoms with E-state index in [-0.39, 0.29) is 11.9 Å². The third-order valence-electron chi connectivity index (χ3n) is 4.54. The van der Waals surface area contributed by atoms with Crippen molar-refractivity contribution in [3.05, 3.63) is 40.9 Å². The Bertz CT molecular complexity index is 796. The van der Waals surface area contributed by atoms with Crippen LogP contribution in [-0.2, 0) is 0 Å². The number of benzene rings is 1. The lowest BCUT2D eigenvalue weighted by Crippen LogP contribution is -2.42. The molecule has 0 spiro atoms. The first kappa shape index (κ1) is 15.6. The SMILES string of the molecule is N#Cc1csc(Sc2ccc(C(=O)N[C@@H]3C[C@H]4CC[C@@H]3N4)cc2)n1. The average Bonchev–Trinajstić information content (AvgIpc) is 3.32. The van der Waals surface area contributed by atoms with Gasteiger partial charge < -0.3 is 10.6 Å². The van der Waals surface area contributed by atoms with E-state index in [1.807, 2.05) is 30.3 Å². The Morgan fingerprint density at radius 2 is 2.21 bits per heavy atom. The van der Waals surface area contributed by atoms with E-state index in [1.54, 1.807) is 5.38 Å². The molecule has 4 rings (SSSR count). The molecule has 24 heavy (non-hydrogen) atoms. The number of nitrogens with one attached hydrogen (secondary N) is 2. The molecule has 0 saturated carbocycles. The first-order valence-electron chi connectivity index (χ1n) is 7.92. The number of nitriles is 1. The van der Waals surface area contributed by atoms with Gasteiger partial charge in [0.25, 0.3) is 5.91 Å². The normalized spacial score (nSPS) is 24.7. The minimum absolute atomic E-state index is 0.00749. The number of rotatable bonds is 4. The van der Waals surface area contributed by atoms with Crippen molar-refractivity contribution in [3.63, 3.8) is 0 Å². The summed E-state index contributed by atoms with van der Waals surface area (Å²) in [6.07, 6.45) is 3.42. The number of amides is 1. The van der Waals surface area contributed by atoms with Crippen LogP contribution in [0.4, 0.5) is 0 Å². The van der Waals surface area contributed by atoms with Crippen LogP contribution in [0, 0.1) is 11.3 Å². The summed E-state index contributed by atoms with van der Waals surface area (Å²) in [7, 11) is 0. The van der Waals surface area contributed by atoms with Crippen LogP contribution in [0.3, 0.4) is 0 Å². The number of fused-ring (bicyclic) bond motifs is 2. The molecule has 0 aliphatic carbocycles. The van der Waals surface area contributed by atoms with Gasteiger partial charge in [-0.25, -0.2) is 4.98 Å². The number of hydrogen-bond acceptors (Lipinski definition) is 6. The lowest BCUT2D eigenvalue weighted by Gasteiger charge is -2.21. The number of nitrogens with zero attached hydrogens (tertiary/aromatic N) is 2.